The van der Waals surface area contributed by atoms with Crippen molar-refractivity contribution in [1.29, 1.82) is 5.26 Å². The van der Waals surface area contributed by atoms with Crippen molar-refractivity contribution < 1.29 is 19.4 Å². The zero-order valence-corrected chi connectivity index (χ0v) is 22.0. The van der Waals surface area contributed by atoms with Crippen LogP contribution in [0, 0.1) is 11.3 Å². The van der Waals surface area contributed by atoms with Crippen molar-refractivity contribution in [3.63, 3.8) is 0 Å². The lowest BCUT2D eigenvalue weighted by Gasteiger charge is -2.34. The van der Waals surface area contributed by atoms with Crippen LogP contribution in [-0.2, 0) is 11.2 Å². The highest BCUT2D eigenvalue weighted by molar-refractivity contribution is 7.14. The number of aliphatic hydroxyl groups excluding tert-OH is 1. The third-order valence-corrected chi connectivity index (χ3v) is 7.92. The van der Waals surface area contributed by atoms with Gasteiger partial charge in [0.25, 0.3) is 5.91 Å². The first kappa shape index (κ1) is 26.3. The predicted molar refractivity (Wildman–Crippen MR) is 143 cm³/mol. The molecule has 1 amide bonds. The van der Waals surface area contributed by atoms with Crippen LogP contribution in [0.2, 0.25) is 0 Å². The van der Waals surface area contributed by atoms with E-state index in [0.717, 1.165) is 42.1 Å². The van der Waals surface area contributed by atoms with Gasteiger partial charge in [0.05, 0.1) is 36.0 Å². The molecule has 0 bridgehead atoms. The van der Waals surface area contributed by atoms with Gasteiger partial charge < -0.3 is 19.5 Å². The number of β-amino-alcohol motifs (C(OH)–C–C–N with tert-alkyl or cyclic N) is 1. The smallest absolute Gasteiger partial charge is 0.264 e. The standard InChI is InChI=1S/C28H31N5O4S/c29-19-21-17-20(1-3-25(21)37-22-6-15-36-16-7-22)24-5-8-30-27(31-24)18-23-2-4-26(38-23)28(35)33-11-9-32(10-12-33)13-14-34/h1-5,8,17,22,34H,6-7,9-16,18H2. The van der Waals surface area contributed by atoms with Gasteiger partial charge >= 0.3 is 0 Å². The Kier molecular flexibility index (Phi) is 8.61. The number of nitriles is 1. The van der Waals surface area contributed by atoms with Gasteiger partial charge in [0.15, 0.2) is 0 Å². The maximum Gasteiger partial charge on any atom is 0.264 e. The van der Waals surface area contributed by atoms with Crippen molar-refractivity contribution in [3.8, 4) is 23.1 Å². The highest BCUT2D eigenvalue weighted by Crippen LogP contribution is 2.28. The average molecular weight is 534 g/mol. The molecule has 5 rings (SSSR count). The van der Waals surface area contributed by atoms with Crippen LogP contribution in [0.5, 0.6) is 5.75 Å². The number of hydrogen-bond acceptors (Lipinski definition) is 9. The van der Waals surface area contributed by atoms with Crippen LogP contribution < -0.4 is 4.74 Å². The van der Waals surface area contributed by atoms with Crippen LogP contribution in [0.15, 0.2) is 42.6 Å². The molecule has 2 fully saturated rings. The number of thiophene rings is 1. The molecule has 0 spiro atoms. The third kappa shape index (κ3) is 6.37. The molecular formula is C28H31N5O4S. The molecule has 1 aromatic carbocycles. The minimum atomic E-state index is 0.0478. The number of rotatable bonds is 8. The third-order valence-electron chi connectivity index (χ3n) is 6.84. The highest BCUT2D eigenvalue weighted by atomic mass is 32.1. The van der Waals surface area contributed by atoms with Crippen LogP contribution in [-0.4, -0.2) is 89.4 Å². The largest absolute Gasteiger partial charge is 0.489 e. The van der Waals surface area contributed by atoms with Crippen molar-refractivity contribution in [1.82, 2.24) is 19.8 Å². The summed E-state index contributed by atoms with van der Waals surface area (Å²) in [6.45, 7) is 5.04. The number of carbonyl (C=O) groups excluding carboxylic acids is 1. The van der Waals surface area contributed by atoms with E-state index in [4.69, 9.17) is 19.6 Å². The van der Waals surface area contributed by atoms with Gasteiger partial charge in [-0.1, -0.05) is 0 Å². The van der Waals surface area contributed by atoms with Crippen LogP contribution in [0.4, 0.5) is 0 Å². The van der Waals surface area contributed by atoms with E-state index in [1.165, 1.54) is 11.3 Å². The van der Waals surface area contributed by atoms with Gasteiger partial charge in [0.1, 0.15) is 23.7 Å². The molecule has 10 heteroatoms. The van der Waals surface area contributed by atoms with Gasteiger partial charge in [0.2, 0.25) is 0 Å². The lowest BCUT2D eigenvalue weighted by atomic mass is 10.1. The first-order valence-corrected chi connectivity index (χ1v) is 13.8. The fourth-order valence-electron chi connectivity index (χ4n) is 4.71. The van der Waals surface area contributed by atoms with E-state index in [9.17, 15) is 10.1 Å². The second-order valence-electron chi connectivity index (χ2n) is 9.41. The molecular weight excluding hydrogens is 502 g/mol. The average Bonchev–Trinajstić information content (AvgIpc) is 3.42. The Morgan fingerprint density at radius 2 is 1.97 bits per heavy atom. The second-order valence-corrected chi connectivity index (χ2v) is 10.6. The Hall–Kier alpha value is -3.36. The first-order chi connectivity index (χ1) is 18.6. The predicted octanol–water partition coefficient (Wildman–Crippen LogP) is 2.98. The normalized spacial score (nSPS) is 16.8. The van der Waals surface area contributed by atoms with Crippen LogP contribution in [0.3, 0.4) is 0 Å². The van der Waals surface area contributed by atoms with Gasteiger partial charge in [-0.25, -0.2) is 9.97 Å². The minimum absolute atomic E-state index is 0.0478. The Labute approximate surface area is 226 Å². The van der Waals surface area contributed by atoms with Crippen LogP contribution in [0.25, 0.3) is 11.3 Å². The number of benzene rings is 1. The molecule has 3 aromatic rings. The quantitative estimate of drug-likeness (QED) is 0.470. The summed E-state index contributed by atoms with van der Waals surface area (Å²) >= 11 is 1.47. The molecule has 4 heterocycles. The number of piperazine rings is 1. The van der Waals surface area contributed by atoms with Gasteiger partial charge in [-0.3, -0.25) is 9.69 Å². The number of carbonyl (C=O) groups is 1. The fourth-order valence-corrected chi connectivity index (χ4v) is 5.69. The summed E-state index contributed by atoms with van der Waals surface area (Å²) in [4.78, 5) is 27.9. The topological polar surface area (TPSA) is 112 Å². The van der Waals surface area contributed by atoms with Crippen molar-refractivity contribution in [2.75, 3.05) is 52.5 Å². The van der Waals surface area contributed by atoms with Gasteiger partial charge in [-0.15, -0.1) is 11.3 Å². The number of nitrogens with zero attached hydrogens (tertiary/aromatic N) is 5. The SMILES string of the molecule is N#Cc1cc(-c2ccnc(Cc3ccc(C(=O)N4CCN(CCO)CC4)s3)n2)ccc1OC1CCOCC1. The summed E-state index contributed by atoms with van der Waals surface area (Å²) < 4.78 is 11.5. The van der Waals surface area contributed by atoms with Crippen molar-refractivity contribution in [3.05, 3.63) is 63.7 Å². The molecule has 0 saturated carbocycles. The summed E-state index contributed by atoms with van der Waals surface area (Å²) in [5.41, 5.74) is 2.04. The Morgan fingerprint density at radius 3 is 2.74 bits per heavy atom. The molecule has 9 nitrogen and oxygen atoms in total. The molecule has 1 N–H and O–H groups in total. The fraction of sp³-hybridized carbons (Fsp3) is 0.429. The van der Waals surface area contributed by atoms with Gasteiger partial charge in [-0.05, 0) is 36.4 Å². The Bertz CT molecular complexity index is 1290. The molecule has 198 valence electrons. The summed E-state index contributed by atoms with van der Waals surface area (Å²) in [5, 5.41) is 18.8. The van der Waals surface area contributed by atoms with E-state index in [0.29, 0.717) is 61.3 Å². The highest BCUT2D eigenvalue weighted by Gasteiger charge is 2.23. The van der Waals surface area contributed by atoms with E-state index in [1.54, 1.807) is 6.20 Å². The minimum Gasteiger partial charge on any atom is -0.489 e. The molecule has 0 atom stereocenters. The van der Waals surface area contributed by atoms with Crippen molar-refractivity contribution in [2.24, 2.45) is 0 Å². The number of aliphatic hydroxyl groups is 1. The number of ether oxygens (including phenoxy) is 2. The van der Waals surface area contributed by atoms with Gasteiger partial charge in [0, 0.05) is 68.6 Å². The number of hydrogen-bond donors (Lipinski definition) is 1. The Balaban J connectivity index is 1.24. The summed E-state index contributed by atoms with van der Waals surface area (Å²) in [6.07, 6.45) is 3.94. The molecule has 38 heavy (non-hydrogen) atoms. The summed E-state index contributed by atoms with van der Waals surface area (Å²) in [6, 6.07) is 13.5. The van der Waals surface area contributed by atoms with E-state index in [-0.39, 0.29) is 18.6 Å². The van der Waals surface area contributed by atoms with Gasteiger partial charge in [-0.2, -0.15) is 5.26 Å². The zero-order chi connectivity index (χ0) is 26.3. The molecule has 0 unspecified atom stereocenters. The summed E-state index contributed by atoms with van der Waals surface area (Å²) in [5.74, 6) is 1.29. The van der Waals surface area contributed by atoms with Crippen LogP contribution in [0.1, 0.15) is 38.8 Å². The first-order valence-electron chi connectivity index (χ1n) is 12.9. The monoisotopic (exact) mass is 533 g/mol. The maximum atomic E-state index is 13.0. The van der Waals surface area contributed by atoms with E-state index >= 15 is 0 Å². The van der Waals surface area contributed by atoms with Crippen molar-refractivity contribution in [2.45, 2.75) is 25.4 Å². The lowest BCUT2D eigenvalue weighted by Crippen LogP contribution is -2.49. The lowest BCUT2D eigenvalue weighted by molar-refractivity contribution is 0.0254. The molecule has 2 aromatic heterocycles. The maximum absolute atomic E-state index is 13.0. The molecule has 2 saturated heterocycles. The second kappa shape index (κ2) is 12.5. The molecule has 0 radical (unpaired) electrons. The molecule has 0 aliphatic carbocycles. The van der Waals surface area contributed by atoms with E-state index in [1.807, 2.05) is 41.3 Å². The number of amides is 1. The molecule has 2 aliphatic heterocycles. The van der Waals surface area contributed by atoms with Crippen LogP contribution >= 0.6 is 11.3 Å². The summed E-state index contributed by atoms with van der Waals surface area (Å²) in [7, 11) is 0. The molecule has 2 aliphatic rings. The van der Waals surface area contributed by atoms with E-state index in [2.05, 4.69) is 16.0 Å². The van der Waals surface area contributed by atoms with E-state index < -0.39 is 0 Å². The number of aromatic nitrogens is 2. The Morgan fingerprint density at radius 1 is 1.16 bits per heavy atom. The van der Waals surface area contributed by atoms with Crippen molar-refractivity contribution >= 4 is 17.2 Å². The zero-order valence-electron chi connectivity index (χ0n) is 21.2.